The van der Waals surface area contributed by atoms with Gasteiger partial charge in [0.1, 0.15) is 5.70 Å². The van der Waals surface area contributed by atoms with E-state index in [9.17, 15) is 19.2 Å². The van der Waals surface area contributed by atoms with Gasteiger partial charge in [-0.05, 0) is 91.6 Å². The van der Waals surface area contributed by atoms with Crippen LogP contribution in [-0.2, 0) is 14.3 Å². The minimum atomic E-state index is -0.484. The third-order valence-corrected chi connectivity index (χ3v) is 8.53. The molecule has 0 saturated heterocycles. The van der Waals surface area contributed by atoms with E-state index in [-0.39, 0.29) is 17.6 Å². The zero-order valence-electron chi connectivity index (χ0n) is 26.7. The maximum Gasteiger partial charge on any atom is 0.338 e. The van der Waals surface area contributed by atoms with Crippen molar-refractivity contribution in [1.82, 2.24) is 5.32 Å². The lowest BCUT2D eigenvalue weighted by Crippen LogP contribution is -2.30. The molecule has 3 amide bonds. The zero-order chi connectivity index (χ0) is 33.6. The lowest BCUT2D eigenvalue weighted by Gasteiger charge is -2.16. The van der Waals surface area contributed by atoms with Crippen LogP contribution in [0.15, 0.2) is 114 Å². The van der Waals surface area contributed by atoms with Crippen molar-refractivity contribution in [2.24, 2.45) is 0 Å². The number of esters is 1. The molecule has 0 saturated carbocycles. The molecule has 0 aliphatic heterocycles. The van der Waals surface area contributed by atoms with Crippen LogP contribution in [0.4, 0.5) is 11.4 Å². The van der Waals surface area contributed by atoms with Crippen LogP contribution < -0.4 is 16.0 Å². The average molecular weight is 650 g/mol. The molecule has 9 heteroatoms. The Morgan fingerprint density at radius 3 is 2.21 bits per heavy atom. The molecule has 0 aliphatic carbocycles. The maximum atomic E-state index is 13.5. The van der Waals surface area contributed by atoms with Gasteiger partial charge in [-0.25, -0.2) is 4.79 Å². The molecule has 3 N–H and O–H groups in total. The summed E-state index contributed by atoms with van der Waals surface area (Å²) in [6.45, 7) is 6.27. The Morgan fingerprint density at radius 1 is 0.787 bits per heavy atom. The molecular formula is C38H39N3O5S. The monoisotopic (exact) mass is 649 g/mol. The number of hydrogen-bond donors (Lipinski definition) is 3. The third kappa shape index (κ3) is 10.4. The standard InChI is InChI=1S/C38H39N3O5S/c1-4-6-23-46-38(45)28-19-21-30(22-20-28)39-37(44)34(5-2)47-32-18-12-17-31(25-32)40-36(43)33(24-29-16-11-10-13-26(29)3)41-35(42)27-14-8-7-9-15-27/h7-22,24-25,34H,4-6,23H2,1-3H3,(H,39,44)(H,40,43)(H,41,42)/b33-24-. The summed E-state index contributed by atoms with van der Waals surface area (Å²) < 4.78 is 5.25. The normalized spacial score (nSPS) is 11.7. The van der Waals surface area contributed by atoms with E-state index in [1.54, 1.807) is 72.8 Å². The van der Waals surface area contributed by atoms with Gasteiger partial charge in [-0.3, -0.25) is 14.4 Å². The summed E-state index contributed by atoms with van der Waals surface area (Å²) in [6.07, 6.45) is 3.97. The topological polar surface area (TPSA) is 114 Å². The van der Waals surface area contributed by atoms with Crippen molar-refractivity contribution < 1.29 is 23.9 Å². The number of aryl methyl sites for hydroxylation is 1. The second-order valence-electron chi connectivity index (χ2n) is 10.8. The van der Waals surface area contributed by atoms with Crippen LogP contribution >= 0.6 is 11.8 Å². The Kier molecular flexibility index (Phi) is 12.9. The van der Waals surface area contributed by atoms with Gasteiger partial charge in [0.15, 0.2) is 0 Å². The number of carbonyl (C=O) groups is 4. The van der Waals surface area contributed by atoms with Crippen LogP contribution in [0.25, 0.3) is 6.08 Å². The Hall–Kier alpha value is -5.15. The Balaban J connectivity index is 1.43. The molecule has 8 nitrogen and oxygen atoms in total. The van der Waals surface area contributed by atoms with E-state index >= 15 is 0 Å². The second kappa shape index (κ2) is 17.5. The minimum absolute atomic E-state index is 0.0947. The van der Waals surface area contributed by atoms with Crippen LogP contribution in [-0.4, -0.2) is 35.5 Å². The summed E-state index contributed by atoms with van der Waals surface area (Å²) in [4.78, 5) is 52.7. The van der Waals surface area contributed by atoms with E-state index in [0.29, 0.717) is 35.5 Å². The number of benzene rings is 4. The molecule has 4 aromatic rings. The number of amides is 3. The van der Waals surface area contributed by atoms with Gasteiger partial charge < -0.3 is 20.7 Å². The molecule has 0 bridgehead atoms. The number of thioether (sulfide) groups is 1. The van der Waals surface area contributed by atoms with Crippen LogP contribution in [0.5, 0.6) is 0 Å². The highest BCUT2D eigenvalue weighted by molar-refractivity contribution is 8.00. The predicted molar refractivity (Wildman–Crippen MR) is 188 cm³/mol. The number of anilines is 2. The quantitative estimate of drug-likeness (QED) is 0.0555. The first-order valence-corrected chi connectivity index (χ1v) is 16.4. The summed E-state index contributed by atoms with van der Waals surface area (Å²) in [5.74, 6) is -1.45. The largest absolute Gasteiger partial charge is 0.462 e. The summed E-state index contributed by atoms with van der Waals surface area (Å²) in [6, 6.07) is 30.1. The highest BCUT2D eigenvalue weighted by atomic mass is 32.2. The summed E-state index contributed by atoms with van der Waals surface area (Å²) >= 11 is 1.38. The number of unbranched alkanes of at least 4 members (excludes halogenated alkanes) is 1. The van der Waals surface area contributed by atoms with Crippen LogP contribution in [0.3, 0.4) is 0 Å². The van der Waals surface area contributed by atoms with E-state index in [2.05, 4.69) is 16.0 Å². The van der Waals surface area contributed by atoms with Crippen LogP contribution in [0, 0.1) is 6.92 Å². The van der Waals surface area contributed by atoms with E-state index < -0.39 is 17.1 Å². The zero-order valence-corrected chi connectivity index (χ0v) is 27.6. The van der Waals surface area contributed by atoms with Gasteiger partial charge in [-0.1, -0.05) is 68.8 Å². The van der Waals surface area contributed by atoms with E-state index in [1.807, 2.05) is 57.2 Å². The molecule has 1 atom stereocenters. The van der Waals surface area contributed by atoms with Gasteiger partial charge in [0, 0.05) is 21.8 Å². The minimum Gasteiger partial charge on any atom is -0.462 e. The Morgan fingerprint density at radius 2 is 1.51 bits per heavy atom. The number of nitrogens with one attached hydrogen (secondary N) is 3. The summed E-state index contributed by atoms with van der Waals surface area (Å²) in [7, 11) is 0. The smallest absolute Gasteiger partial charge is 0.338 e. The van der Waals surface area contributed by atoms with Crippen molar-refractivity contribution in [3.8, 4) is 0 Å². The average Bonchev–Trinajstić information content (AvgIpc) is 3.08. The lowest BCUT2D eigenvalue weighted by atomic mass is 10.1. The summed E-state index contributed by atoms with van der Waals surface area (Å²) in [5, 5.41) is 8.17. The maximum absolute atomic E-state index is 13.5. The highest BCUT2D eigenvalue weighted by Gasteiger charge is 2.20. The molecular weight excluding hydrogens is 611 g/mol. The van der Waals surface area contributed by atoms with Crippen molar-refractivity contribution >= 4 is 52.9 Å². The molecule has 1 unspecified atom stereocenters. The van der Waals surface area contributed by atoms with Crippen LogP contribution in [0.1, 0.15) is 65.0 Å². The molecule has 47 heavy (non-hydrogen) atoms. The van der Waals surface area contributed by atoms with Gasteiger partial charge in [-0.15, -0.1) is 11.8 Å². The fourth-order valence-corrected chi connectivity index (χ4v) is 5.50. The van der Waals surface area contributed by atoms with Crippen molar-refractivity contribution in [2.45, 2.75) is 50.2 Å². The molecule has 0 aliphatic rings. The number of carbonyl (C=O) groups excluding carboxylic acids is 4. The third-order valence-electron chi connectivity index (χ3n) is 7.17. The van der Waals surface area contributed by atoms with Crippen molar-refractivity contribution in [2.75, 3.05) is 17.2 Å². The van der Waals surface area contributed by atoms with Crippen LogP contribution in [0.2, 0.25) is 0 Å². The number of rotatable bonds is 14. The second-order valence-corrected chi connectivity index (χ2v) is 12.1. The van der Waals surface area contributed by atoms with Gasteiger partial charge in [0.2, 0.25) is 5.91 Å². The van der Waals surface area contributed by atoms with Crippen molar-refractivity contribution in [1.29, 1.82) is 0 Å². The first kappa shape index (κ1) is 34.7. The predicted octanol–water partition coefficient (Wildman–Crippen LogP) is 7.87. The van der Waals surface area contributed by atoms with E-state index in [0.717, 1.165) is 28.9 Å². The van der Waals surface area contributed by atoms with Gasteiger partial charge >= 0.3 is 5.97 Å². The number of ether oxygens (including phenoxy) is 1. The van der Waals surface area contributed by atoms with Gasteiger partial charge in [0.05, 0.1) is 17.4 Å². The fraction of sp³-hybridized carbons (Fsp3) is 0.211. The molecule has 0 aromatic heterocycles. The van der Waals surface area contributed by atoms with Gasteiger partial charge in [-0.2, -0.15) is 0 Å². The molecule has 0 fully saturated rings. The molecule has 242 valence electrons. The SMILES string of the molecule is CCCCOC(=O)c1ccc(NC(=O)C(CC)Sc2cccc(NC(=O)/C(=C/c3ccccc3C)NC(=O)c3ccccc3)c2)cc1. The fourth-order valence-electron chi connectivity index (χ4n) is 4.48. The molecule has 4 rings (SSSR count). The summed E-state index contributed by atoms with van der Waals surface area (Å²) in [5.41, 5.74) is 3.79. The molecule has 0 spiro atoms. The lowest BCUT2D eigenvalue weighted by molar-refractivity contribution is -0.116. The number of hydrogen-bond acceptors (Lipinski definition) is 6. The van der Waals surface area contributed by atoms with E-state index in [1.165, 1.54) is 11.8 Å². The van der Waals surface area contributed by atoms with Gasteiger partial charge in [0.25, 0.3) is 11.8 Å². The first-order chi connectivity index (χ1) is 22.8. The van der Waals surface area contributed by atoms with Crippen molar-refractivity contribution in [3.63, 3.8) is 0 Å². The Labute approximate surface area is 280 Å². The molecule has 0 heterocycles. The first-order valence-electron chi connectivity index (χ1n) is 15.6. The molecule has 4 aromatic carbocycles. The Bertz CT molecular complexity index is 1720. The van der Waals surface area contributed by atoms with E-state index in [4.69, 9.17) is 4.74 Å². The highest BCUT2D eigenvalue weighted by Crippen LogP contribution is 2.29. The van der Waals surface area contributed by atoms with Crippen molar-refractivity contribution in [3.05, 3.63) is 131 Å². The molecule has 0 radical (unpaired) electrons.